The van der Waals surface area contributed by atoms with Crippen LogP contribution in [-0.2, 0) is 0 Å². The Morgan fingerprint density at radius 1 is 1.20 bits per heavy atom. The van der Waals surface area contributed by atoms with Crippen molar-refractivity contribution in [2.45, 2.75) is 59.9 Å². The van der Waals surface area contributed by atoms with Crippen molar-refractivity contribution in [1.82, 2.24) is 9.97 Å². The first-order valence-corrected chi connectivity index (χ1v) is 7.88. The Balaban J connectivity index is 2.32. The van der Waals surface area contributed by atoms with Crippen LogP contribution in [0, 0.1) is 19.8 Å². The van der Waals surface area contributed by atoms with Gasteiger partial charge in [0, 0.05) is 24.7 Å². The largest absolute Gasteiger partial charge is 0.370 e. The molecule has 1 aromatic rings. The van der Waals surface area contributed by atoms with Crippen LogP contribution in [0.2, 0.25) is 0 Å². The van der Waals surface area contributed by atoms with E-state index < -0.39 is 0 Å². The van der Waals surface area contributed by atoms with Gasteiger partial charge in [0.25, 0.3) is 0 Å². The summed E-state index contributed by atoms with van der Waals surface area (Å²) in [4.78, 5) is 11.8. The summed E-state index contributed by atoms with van der Waals surface area (Å²) in [5.74, 6) is 3.72. The lowest BCUT2D eigenvalue weighted by Crippen LogP contribution is -2.42. The molecule has 0 spiro atoms. The zero-order chi connectivity index (χ0) is 14.7. The predicted molar refractivity (Wildman–Crippen MR) is 85.5 cm³/mol. The van der Waals surface area contributed by atoms with Crippen molar-refractivity contribution < 1.29 is 0 Å². The molecule has 0 amide bonds. The van der Waals surface area contributed by atoms with Gasteiger partial charge in [-0.3, -0.25) is 0 Å². The second-order valence-electron chi connectivity index (χ2n) is 6.18. The third-order valence-corrected chi connectivity index (χ3v) is 4.16. The first kappa shape index (κ1) is 15.1. The average Bonchev–Trinajstić information content (AvgIpc) is 2.42. The van der Waals surface area contributed by atoms with Crippen LogP contribution in [0.25, 0.3) is 0 Å². The fraction of sp³-hybridized carbons (Fsp3) is 0.750. The fourth-order valence-electron chi connectivity index (χ4n) is 2.89. The molecule has 0 bridgehead atoms. The second-order valence-corrected chi connectivity index (χ2v) is 6.18. The van der Waals surface area contributed by atoms with E-state index in [1.807, 2.05) is 6.92 Å². The number of nitrogens with one attached hydrogen (secondary N) is 1. The first-order valence-electron chi connectivity index (χ1n) is 7.88. The molecule has 1 fully saturated rings. The number of hydrogen-bond acceptors (Lipinski definition) is 4. The fourth-order valence-corrected chi connectivity index (χ4v) is 2.89. The van der Waals surface area contributed by atoms with Gasteiger partial charge in [0.05, 0.1) is 0 Å². The molecule has 1 saturated heterocycles. The minimum absolute atomic E-state index is 0.568. The molecule has 1 aliphatic heterocycles. The molecule has 0 saturated carbocycles. The van der Waals surface area contributed by atoms with E-state index in [-0.39, 0.29) is 0 Å². The van der Waals surface area contributed by atoms with Crippen LogP contribution in [0.1, 0.15) is 51.4 Å². The molecule has 1 N–H and O–H groups in total. The van der Waals surface area contributed by atoms with Gasteiger partial charge in [0.2, 0.25) is 0 Å². The summed E-state index contributed by atoms with van der Waals surface area (Å²) >= 11 is 0. The number of nitrogens with zero attached hydrogens (tertiary/aromatic N) is 3. The van der Waals surface area contributed by atoms with Crippen molar-refractivity contribution in [2.24, 2.45) is 5.92 Å². The Bertz CT molecular complexity index is 458. The maximum Gasteiger partial charge on any atom is 0.137 e. The molecule has 2 heterocycles. The monoisotopic (exact) mass is 276 g/mol. The van der Waals surface area contributed by atoms with E-state index in [1.54, 1.807) is 0 Å². The molecule has 20 heavy (non-hydrogen) atoms. The zero-order valence-corrected chi connectivity index (χ0v) is 13.5. The number of anilines is 2. The summed E-state index contributed by atoms with van der Waals surface area (Å²) in [6.07, 6.45) is 3.68. The van der Waals surface area contributed by atoms with E-state index in [0.717, 1.165) is 42.9 Å². The van der Waals surface area contributed by atoms with Crippen molar-refractivity contribution in [3.05, 3.63) is 11.4 Å². The predicted octanol–water partition coefficient (Wildman–Crippen LogP) is 3.54. The van der Waals surface area contributed by atoms with Gasteiger partial charge in [-0.2, -0.15) is 0 Å². The van der Waals surface area contributed by atoms with Crippen molar-refractivity contribution in [2.75, 3.05) is 23.3 Å². The Hall–Kier alpha value is -1.32. The Labute approximate surface area is 123 Å². The van der Waals surface area contributed by atoms with E-state index in [0.29, 0.717) is 6.04 Å². The Morgan fingerprint density at radius 2 is 1.95 bits per heavy atom. The molecular weight excluding hydrogens is 248 g/mol. The highest BCUT2D eigenvalue weighted by Crippen LogP contribution is 2.30. The Kier molecular flexibility index (Phi) is 4.84. The maximum atomic E-state index is 4.72. The molecule has 0 aliphatic carbocycles. The van der Waals surface area contributed by atoms with Gasteiger partial charge in [-0.1, -0.05) is 13.8 Å². The lowest BCUT2D eigenvalue weighted by molar-refractivity contribution is 0.387. The van der Waals surface area contributed by atoms with Crippen molar-refractivity contribution >= 4 is 11.6 Å². The highest BCUT2D eigenvalue weighted by Gasteiger charge is 2.26. The Morgan fingerprint density at radius 3 is 2.65 bits per heavy atom. The normalized spacial score (nSPS) is 22.9. The van der Waals surface area contributed by atoms with Crippen LogP contribution in [0.3, 0.4) is 0 Å². The summed E-state index contributed by atoms with van der Waals surface area (Å²) in [7, 11) is 0. The molecular formula is C16H28N4. The molecule has 1 aromatic heterocycles. The number of hydrogen-bond donors (Lipinski definition) is 1. The van der Waals surface area contributed by atoms with Gasteiger partial charge >= 0.3 is 0 Å². The summed E-state index contributed by atoms with van der Waals surface area (Å²) in [5.41, 5.74) is 1.19. The van der Waals surface area contributed by atoms with Gasteiger partial charge in [-0.15, -0.1) is 0 Å². The molecule has 2 unspecified atom stereocenters. The van der Waals surface area contributed by atoms with E-state index in [9.17, 15) is 0 Å². The second kappa shape index (κ2) is 6.42. The van der Waals surface area contributed by atoms with Crippen LogP contribution >= 0.6 is 0 Å². The van der Waals surface area contributed by atoms with E-state index in [1.165, 1.54) is 18.4 Å². The van der Waals surface area contributed by atoms with Crippen molar-refractivity contribution in [1.29, 1.82) is 0 Å². The topological polar surface area (TPSA) is 41.1 Å². The van der Waals surface area contributed by atoms with Crippen LogP contribution < -0.4 is 10.2 Å². The van der Waals surface area contributed by atoms with Crippen LogP contribution in [0.5, 0.6) is 0 Å². The van der Waals surface area contributed by atoms with E-state index >= 15 is 0 Å². The van der Waals surface area contributed by atoms with E-state index in [4.69, 9.17) is 4.98 Å². The molecule has 0 aromatic carbocycles. The molecule has 2 rings (SSSR count). The van der Waals surface area contributed by atoms with E-state index in [2.05, 4.69) is 42.9 Å². The highest BCUT2D eigenvalue weighted by atomic mass is 15.2. The molecule has 0 radical (unpaired) electrons. The number of aryl methyl sites for hydroxylation is 1. The summed E-state index contributed by atoms with van der Waals surface area (Å²) in [6, 6.07) is 0.568. The molecule has 4 heteroatoms. The molecule has 1 aliphatic rings. The molecule has 4 nitrogen and oxygen atoms in total. The summed E-state index contributed by atoms with van der Waals surface area (Å²) < 4.78 is 0. The average molecular weight is 276 g/mol. The number of piperidine rings is 1. The highest BCUT2D eigenvalue weighted by molar-refractivity contribution is 5.59. The number of rotatable bonds is 4. The lowest BCUT2D eigenvalue weighted by atomic mass is 9.95. The lowest BCUT2D eigenvalue weighted by Gasteiger charge is -2.38. The first-order chi connectivity index (χ1) is 9.52. The third kappa shape index (κ3) is 3.22. The third-order valence-electron chi connectivity index (χ3n) is 4.16. The van der Waals surface area contributed by atoms with Gasteiger partial charge in [0.15, 0.2) is 0 Å². The SMILES string of the molecule is CCCNc1nc(C)nc(N2CC(C)CCC2C)c1C. The molecule has 2 atom stereocenters. The van der Waals surface area contributed by atoms with Gasteiger partial charge in [0.1, 0.15) is 17.5 Å². The van der Waals surface area contributed by atoms with Crippen LogP contribution in [0.4, 0.5) is 11.6 Å². The minimum atomic E-state index is 0.568. The standard InChI is InChI=1S/C16H28N4/c1-6-9-17-15-13(4)16(19-14(5)18-15)20-10-11(2)7-8-12(20)3/h11-12H,6-10H2,1-5H3,(H,17,18,19). The van der Waals surface area contributed by atoms with Crippen molar-refractivity contribution in [3.63, 3.8) is 0 Å². The quantitative estimate of drug-likeness (QED) is 0.913. The zero-order valence-electron chi connectivity index (χ0n) is 13.5. The summed E-state index contributed by atoms with van der Waals surface area (Å²) in [5, 5.41) is 3.43. The van der Waals surface area contributed by atoms with Gasteiger partial charge in [-0.25, -0.2) is 9.97 Å². The summed E-state index contributed by atoms with van der Waals surface area (Å²) in [6.45, 7) is 13.0. The van der Waals surface area contributed by atoms with Crippen LogP contribution in [0.15, 0.2) is 0 Å². The maximum absolute atomic E-state index is 4.72. The minimum Gasteiger partial charge on any atom is -0.370 e. The number of aromatic nitrogens is 2. The molecule has 112 valence electrons. The van der Waals surface area contributed by atoms with Gasteiger partial charge < -0.3 is 10.2 Å². The van der Waals surface area contributed by atoms with Crippen molar-refractivity contribution in [3.8, 4) is 0 Å². The van der Waals surface area contributed by atoms with Crippen LogP contribution in [-0.4, -0.2) is 29.1 Å². The smallest absolute Gasteiger partial charge is 0.137 e. The van der Waals surface area contributed by atoms with Gasteiger partial charge in [-0.05, 0) is 46.0 Å².